The maximum atomic E-state index is 12.5. The van der Waals surface area contributed by atoms with Crippen LogP contribution >= 0.6 is 0 Å². The number of nitrogens with one attached hydrogen (secondary N) is 2. The van der Waals surface area contributed by atoms with Crippen LogP contribution in [0.15, 0.2) is 59.5 Å². The van der Waals surface area contributed by atoms with E-state index < -0.39 is 15.7 Å². The van der Waals surface area contributed by atoms with E-state index in [4.69, 9.17) is 4.74 Å². The van der Waals surface area contributed by atoms with Crippen LogP contribution < -0.4 is 10.6 Å². The van der Waals surface area contributed by atoms with Gasteiger partial charge in [-0.25, -0.2) is 8.42 Å². The van der Waals surface area contributed by atoms with Crippen LogP contribution in [0.3, 0.4) is 0 Å². The molecule has 2 amide bonds. The maximum Gasteiger partial charge on any atom is 0.253 e. The molecule has 1 heterocycles. The molecule has 8 heteroatoms. The van der Waals surface area contributed by atoms with Gasteiger partial charge < -0.3 is 15.4 Å². The smallest absolute Gasteiger partial charge is 0.253 e. The standard InChI is InChI=1S/C21H24N2O5S/c24-20(12-14-29(26,27)17-8-2-1-3-9-17)23-19-11-5-4-10-18(19)21(25)22-15-16-7-6-13-28-16/h1-5,8-11,16H,6-7,12-15H2,(H,22,25)(H,23,24). The summed E-state index contributed by atoms with van der Waals surface area (Å²) in [4.78, 5) is 25.0. The Balaban J connectivity index is 1.58. The van der Waals surface area contributed by atoms with Gasteiger partial charge in [0.15, 0.2) is 9.84 Å². The van der Waals surface area contributed by atoms with Crippen molar-refractivity contribution in [2.24, 2.45) is 0 Å². The second kappa shape index (κ2) is 9.67. The topological polar surface area (TPSA) is 102 Å². The zero-order chi connectivity index (χ0) is 20.7. The summed E-state index contributed by atoms with van der Waals surface area (Å²) in [5.74, 6) is -1.09. The molecule has 1 atom stereocenters. The van der Waals surface area contributed by atoms with Crippen molar-refractivity contribution in [2.75, 3.05) is 24.2 Å². The van der Waals surface area contributed by atoms with Gasteiger partial charge in [0, 0.05) is 19.6 Å². The summed E-state index contributed by atoms with van der Waals surface area (Å²) < 4.78 is 30.1. The monoisotopic (exact) mass is 416 g/mol. The number of rotatable bonds is 8. The predicted octanol–water partition coefficient (Wildman–Crippen LogP) is 2.40. The lowest BCUT2D eigenvalue weighted by Crippen LogP contribution is -2.32. The Kier molecular flexibility index (Phi) is 7.00. The van der Waals surface area contributed by atoms with Gasteiger partial charge in [-0.05, 0) is 37.1 Å². The fraction of sp³-hybridized carbons (Fsp3) is 0.333. The van der Waals surface area contributed by atoms with Crippen LogP contribution in [-0.4, -0.2) is 45.2 Å². The van der Waals surface area contributed by atoms with Gasteiger partial charge >= 0.3 is 0 Å². The van der Waals surface area contributed by atoms with Crippen LogP contribution in [0.25, 0.3) is 0 Å². The van der Waals surface area contributed by atoms with Crippen LogP contribution in [0.2, 0.25) is 0 Å². The van der Waals surface area contributed by atoms with Crippen LogP contribution in [0.5, 0.6) is 0 Å². The van der Waals surface area contributed by atoms with Gasteiger partial charge in [0.05, 0.1) is 28.0 Å². The Labute approximate surface area is 170 Å². The molecular formula is C21H24N2O5S. The lowest BCUT2D eigenvalue weighted by molar-refractivity contribution is -0.115. The molecule has 7 nitrogen and oxygen atoms in total. The van der Waals surface area contributed by atoms with Gasteiger partial charge in [-0.15, -0.1) is 0 Å². The first-order valence-corrected chi connectivity index (χ1v) is 11.2. The number of para-hydroxylation sites is 1. The van der Waals surface area contributed by atoms with Gasteiger partial charge in [0.1, 0.15) is 0 Å². The molecule has 1 fully saturated rings. The first-order chi connectivity index (χ1) is 14.0. The van der Waals surface area contributed by atoms with E-state index in [-0.39, 0.29) is 29.1 Å². The molecule has 1 unspecified atom stereocenters. The molecule has 3 rings (SSSR count). The number of anilines is 1. The molecule has 0 aliphatic carbocycles. The SMILES string of the molecule is O=C(CCS(=O)(=O)c1ccccc1)Nc1ccccc1C(=O)NCC1CCCO1. The van der Waals surface area contributed by atoms with E-state index in [0.29, 0.717) is 24.4 Å². The van der Waals surface area contributed by atoms with Crippen molar-refractivity contribution in [3.8, 4) is 0 Å². The summed E-state index contributed by atoms with van der Waals surface area (Å²) >= 11 is 0. The average molecular weight is 416 g/mol. The van der Waals surface area contributed by atoms with Crippen LogP contribution in [0.1, 0.15) is 29.6 Å². The Morgan fingerprint density at radius 1 is 1.03 bits per heavy atom. The summed E-state index contributed by atoms with van der Waals surface area (Å²) in [6, 6.07) is 14.6. The molecule has 2 aromatic carbocycles. The molecule has 0 spiro atoms. The zero-order valence-electron chi connectivity index (χ0n) is 16.0. The number of carbonyl (C=O) groups is 2. The highest BCUT2D eigenvalue weighted by atomic mass is 32.2. The Morgan fingerprint density at radius 2 is 1.76 bits per heavy atom. The molecule has 1 saturated heterocycles. The minimum Gasteiger partial charge on any atom is -0.376 e. The van der Waals surface area contributed by atoms with Crippen molar-refractivity contribution >= 4 is 27.3 Å². The quantitative estimate of drug-likeness (QED) is 0.688. The largest absolute Gasteiger partial charge is 0.376 e. The lowest BCUT2D eigenvalue weighted by atomic mass is 10.1. The summed E-state index contributed by atoms with van der Waals surface area (Å²) in [5, 5.41) is 5.47. The minimum atomic E-state index is -3.55. The fourth-order valence-electron chi connectivity index (χ4n) is 3.08. The first-order valence-electron chi connectivity index (χ1n) is 9.52. The van der Waals surface area contributed by atoms with E-state index in [1.54, 1.807) is 42.5 Å². The number of carbonyl (C=O) groups excluding carboxylic acids is 2. The molecule has 29 heavy (non-hydrogen) atoms. The molecule has 0 aromatic heterocycles. The molecule has 154 valence electrons. The molecule has 2 N–H and O–H groups in total. The molecule has 1 aliphatic heterocycles. The number of hydrogen-bond donors (Lipinski definition) is 2. The Hall–Kier alpha value is -2.71. The molecule has 1 aliphatic rings. The number of hydrogen-bond acceptors (Lipinski definition) is 5. The molecule has 0 bridgehead atoms. The zero-order valence-corrected chi connectivity index (χ0v) is 16.8. The third-order valence-corrected chi connectivity index (χ3v) is 6.39. The highest BCUT2D eigenvalue weighted by Crippen LogP contribution is 2.17. The summed E-state index contributed by atoms with van der Waals surface area (Å²) in [5.41, 5.74) is 0.671. The maximum absolute atomic E-state index is 12.5. The van der Waals surface area contributed by atoms with Crippen molar-refractivity contribution in [3.63, 3.8) is 0 Å². The fourth-order valence-corrected chi connectivity index (χ4v) is 4.34. The van der Waals surface area contributed by atoms with Crippen LogP contribution in [0, 0.1) is 0 Å². The third-order valence-electron chi connectivity index (χ3n) is 4.66. The van der Waals surface area contributed by atoms with E-state index in [2.05, 4.69) is 10.6 Å². The van der Waals surface area contributed by atoms with E-state index in [1.165, 1.54) is 12.1 Å². The molecule has 0 saturated carbocycles. The number of amides is 2. The first kappa shape index (κ1) is 21.0. The van der Waals surface area contributed by atoms with Gasteiger partial charge in [-0.1, -0.05) is 30.3 Å². The normalized spacial score (nSPS) is 16.3. The van der Waals surface area contributed by atoms with E-state index in [1.807, 2.05) is 0 Å². The molecule has 0 radical (unpaired) electrons. The highest BCUT2D eigenvalue weighted by Gasteiger charge is 2.20. The summed E-state index contributed by atoms with van der Waals surface area (Å²) in [6.45, 7) is 1.12. The van der Waals surface area contributed by atoms with E-state index in [0.717, 1.165) is 12.8 Å². The predicted molar refractivity (Wildman–Crippen MR) is 109 cm³/mol. The second-order valence-corrected chi connectivity index (χ2v) is 8.93. The van der Waals surface area contributed by atoms with Crippen molar-refractivity contribution in [1.29, 1.82) is 0 Å². The van der Waals surface area contributed by atoms with Crippen molar-refractivity contribution in [3.05, 3.63) is 60.2 Å². The lowest BCUT2D eigenvalue weighted by Gasteiger charge is -2.14. The Bertz CT molecular complexity index is 954. The molecule has 2 aromatic rings. The van der Waals surface area contributed by atoms with Crippen molar-refractivity contribution in [2.45, 2.75) is 30.3 Å². The number of ether oxygens (including phenoxy) is 1. The second-order valence-electron chi connectivity index (χ2n) is 6.82. The Morgan fingerprint density at radius 3 is 2.48 bits per heavy atom. The van der Waals surface area contributed by atoms with Gasteiger partial charge in [0.25, 0.3) is 5.91 Å². The minimum absolute atomic E-state index is 0.0175. The number of sulfone groups is 1. The van der Waals surface area contributed by atoms with Crippen molar-refractivity contribution < 1.29 is 22.7 Å². The van der Waals surface area contributed by atoms with Crippen LogP contribution in [-0.2, 0) is 19.4 Å². The van der Waals surface area contributed by atoms with E-state index >= 15 is 0 Å². The highest BCUT2D eigenvalue weighted by molar-refractivity contribution is 7.91. The summed E-state index contributed by atoms with van der Waals surface area (Å²) in [6.07, 6.45) is 1.71. The van der Waals surface area contributed by atoms with Gasteiger partial charge in [-0.3, -0.25) is 9.59 Å². The average Bonchev–Trinajstić information content (AvgIpc) is 3.25. The van der Waals surface area contributed by atoms with Gasteiger partial charge in [0.2, 0.25) is 5.91 Å². The number of benzene rings is 2. The summed E-state index contributed by atoms with van der Waals surface area (Å²) in [7, 11) is -3.55. The third kappa shape index (κ3) is 5.88. The van der Waals surface area contributed by atoms with Crippen LogP contribution in [0.4, 0.5) is 5.69 Å². The molecular weight excluding hydrogens is 392 g/mol. The van der Waals surface area contributed by atoms with Crippen molar-refractivity contribution in [1.82, 2.24) is 5.32 Å². The van der Waals surface area contributed by atoms with E-state index in [9.17, 15) is 18.0 Å². The van der Waals surface area contributed by atoms with Gasteiger partial charge in [-0.2, -0.15) is 0 Å².